The average molecular weight is 279 g/mol. The van der Waals surface area contributed by atoms with E-state index in [4.69, 9.17) is 4.74 Å². The fourth-order valence-electron chi connectivity index (χ4n) is 2.06. The molecular formula is C13H27ClN2O2. The third-order valence-electron chi connectivity index (χ3n) is 2.91. The van der Waals surface area contributed by atoms with Crippen molar-refractivity contribution in [3.05, 3.63) is 0 Å². The summed E-state index contributed by atoms with van der Waals surface area (Å²) in [6, 6.07) is 0.265. The number of nitrogens with one attached hydrogen (secondary N) is 1. The van der Waals surface area contributed by atoms with E-state index in [2.05, 4.69) is 33.0 Å². The van der Waals surface area contributed by atoms with Crippen LogP contribution in [0.5, 0.6) is 0 Å². The standard InChI is InChI=1S/C13H26N2O2.ClH/c1-10(2)9-15(11(3)4)13(16)7-12-8-14-5-6-17-12;/h10-12,14H,5-9H2,1-4H3;1H. The highest BCUT2D eigenvalue weighted by molar-refractivity contribution is 5.85. The second-order valence-electron chi connectivity index (χ2n) is 5.43. The first kappa shape index (κ1) is 17.7. The molecule has 0 aromatic heterocycles. The number of hydrogen-bond acceptors (Lipinski definition) is 3. The second kappa shape index (κ2) is 8.73. The lowest BCUT2D eigenvalue weighted by atomic mass is 10.1. The SMILES string of the molecule is CC(C)CN(C(=O)CC1CNCCO1)C(C)C.Cl. The Morgan fingerprint density at radius 2 is 2.06 bits per heavy atom. The zero-order valence-electron chi connectivity index (χ0n) is 11.9. The normalized spacial score (nSPS) is 19.8. The van der Waals surface area contributed by atoms with Crippen LogP contribution in [-0.4, -0.2) is 49.2 Å². The molecule has 1 aliphatic heterocycles. The predicted molar refractivity (Wildman–Crippen MR) is 76.2 cm³/mol. The molecule has 1 fully saturated rings. The van der Waals surface area contributed by atoms with Crippen LogP contribution in [-0.2, 0) is 9.53 Å². The molecule has 0 radical (unpaired) electrons. The van der Waals surface area contributed by atoms with Gasteiger partial charge in [-0.1, -0.05) is 13.8 Å². The van der Waals surface area contributed by atoms with Gasteiger partial charge in [-0.3, -0.25) is 4.79 Å². The molecule has 1 saturated heterocycles. The molecular weight excluding hydrogens is 252 g/mol. The van der Waals surface area contributed by atoms with E-state index < -0.39 is 0 Å². The van der Waals surface area contributed by atoms with E-state index >= 15 is 0 Å². The van der Waals surface area contributed by atoms with Crippen LogP contribution in [0.15, 0.2) is 0 Å². The lowest BCUT2D eigenvalue weighted by Gasteiger charge is -2.31. The van der Waals surface area contributed by atoms with Gasteiger partial charge in [-0.05, 0) is 19.8 Å². The minimum Gasteiger partial charge on any atom is -0.375 e. The fourth-order valence-corrected chi connectivity index (χ4v) is 2.06. The van der Waals surface area contributed by atoms with Gasteiger partial charge in [0.1, 0.15) is 0 Å². The Bertz CT molecular complexity index is 241. The molecule has 108 valence electrons. The quantitative estimate of drug-likeness (QED) is 0.832. The second-order valence-corrected chi connectivity index (χ2v) is 5.43. The molecule has 4 nitrogen and oxygen atoms in total. The summed E-state index contributed by atoms with van der Waals surface area (Å²) in [4.78, 5) is 14.2. The maximum Gasteiger partial charge on any atom is 0.225 e. The molecule has 0 aliphatic carbocycles. The minimum absolute atomic E-state index is 0. The Balaban J connectivity index is 0.00000289. The van der Waals surface area contributed by atoms with Crippen molar-refractivity contribution in [3.63, 3.8) is 0 Å². The molecule has 0 bridgehead atoms. The summed E-state index contributed by atoms with van der Waals surface area (Å²) >= 11 is 0. The van der Waals surface area contributed by atoms with Crippen LogP contribution >= 0.6 is 12.4 Å². The molecule has 0 aromatic rings. The molecule has 1 atom stereocenters. The van der Waals surface area contributed by atoms with Gasteiger partial charge in [0, 0.05) is 25.7 Å². The zero-order chi connectivity index (χ0) is 12.8. The van der Waals surface area contributed by atoms with E-state index in [-0.39, 0.29) is 30.5 Å². The predicted octanol–water partition coefficient (Wildman–Crippen LogP) is 1.68. The highest BCUT2D eigenvalue weighted by Crippen LogP contribution is 2.10. The van der Waals surface area contributed by atoms with Crippen LogP contribution < -0.4 is 5.32 Å². The Morgan fingerprint density at radius 1 is 1.39 bits per heavy atom. The average Bonchev–Trinajstić information content (AvgIpc) is 2.26. The van der Waals surface area contributed by atoms with Crippen LogP contribution in [0.2, 0.25) is 0 Å². The van der Waals surface area contributed by atoms with Crippen molar-refractivity contribution in [1.29, 1.82) is 0 Å². The van der Waals surface area contributed by atoms with Crippen LogP contribution in [0.3, 0.4) is 0 Å². The highest BCUT2D eigenvalue weighted by Gasteiger charge is 2.23. The number of halogens is 1. The van der Waals surface area contributed by atoms with E-state index in [1.54, 1.807) is 0 Å². The van der Waals surface area contributed by atoms with Crippen LogP contribution in [0, 0.1) is 5.92 Å². The minimum atomic E-state index is 0. The van der Waals surface area contributed by atoms with Crippen molar-refractivity contribution in [2.75, 3.05) is 26.2 Å². The van der Waals surface area contributed by atoms with Crippen LogP contribution in [0.25, 0.3) is 0 Å². The zero-order valence-corrected chi connectivity index (χ0v) is 12.8. The first-order valence-electron chi connectivity index (χ1n) is 6.62. The number of rotatable bonds is 5. The molecule has 1 unspecified atom stereocenters. The monoisotopic (exact) mass is 278 g/mol. The van der Waals surface area contributed by atoms with Crippen molar-refractivity contribution in [1.82, 2.24) is 10.2 Å². The Morgan fingerprint density at radius 3 is 2.50 bits per heavy atom. The number of carbonyl (C=O) groups is 1. The maximum atomic E-state index is 12.2. The van der Waals surface area contributed by atoms with Gasteiger partial charge in [-0.15, -0.1) is 12.4 Å². The molecule has 0 spiro atoms. The summed E-state index contributed by atoms with van der Waals surface area (Å²) in [5.74, 6) is 0.717. The third-order valence-corrected chi connectivity index (χ3v) is 2.91. The van der Waals surface area contributed by atoms with E-state index in [0.717, 1.165) is 19.6 Å². The number of amides is 1. The molecule has 1 N–H and O–H groups in total. The Labute approximate surface area is 117 Å². The van der Waals surface area contributed by atoms with Gasteiger partial charge in [-0.25, -0.2) is 0 Å². The van der Waals surface area contributed by atoms with Crippen molar-refractivity contribution < 1.29 is 9.53 Å². The molecule has 5 heteroatoms. The van der Waals surface area contributed by atoms with Crippen molar-refractivity contribution in [3.8, 4) is 0 Å². The van der Waals surface area contributed by atoms with E-state index in [9.17, 15) is 4.79 Å². The number of ether oxygens (including phenoxy) is 1. The van der Waals surface area contributed by atoms with Gasteiger partial charge < -0.3 is 15.0 Å². The van der Waals surface area contributed by atoms with Crippen molar-refractivity contribution in [2.45, 2.75) is 46.3 Å². The summed E-state index contributed by atoms with van der Waals surface area (Å²) in [5, 5.41) is 3.25. The molecule has 1 aliphatic rings. The van der Waals surface area contributed by atoms with Crippen LogP contribution in [0.4, 0.5) is 0 Å². The molecule has 0 saturated carbocycles. The molecule has 1 heterocycles. The fraction of sp³-hybridized carbons (Fsp3) is 0.923. The first-order chi connectivity index (χ1) is 8.00. The third kappa shape index (κ3) is 6.03. The summed E-state index contributed by atoms with van der Waals surface area (Å²) in [6.45, 7) is 11.6. The first-order valence-corrected chi connectivity index (χ1v) is 6.62. The number of morpholine rings is 1. The van der Waals surface area contributed by atoms with E-state index in [1.807, 2.05) is 4.90 Å². The van der Waals surface area contributed by atoms with Gasteiger partial charge >= 0.3 is 0 Å². The van der Waals surface area contributed by atoms with Gasteiger partial charge in [0.05, 0.1) is 19.1 Å². The highest BCUT2D eigenvalue weighted by atomic mass is 35.5. The molecule has 1 rings (SSSR count). The van der Waals surface area contributed by atoms with Crippen molar-refractivity contribution >= 4 is 18.3 Å². The largest absolute Gasteiger partial charge is 0.375 e. The lowest BCUT2D eigenvalue weighted by molar-refractivity contribution is -0.137. The molecule has 1 amide bonds. The Hall–Kier alpha value is -0.320. The van der Waals surface area contributed by atoms with Gasteiger partial charge in [0.25, 0.3) is 0 Å². The smallest absolute Gasteiger partial charge is 0.225 e. The number of nitrogens with zero attached hydrogens (tertiary/aromatic N) is 1. The van der Waals surface area contributed by atoms with Crippen LogP contribution in [0.1, 0.15) is 34.1 Å². The number of carbonyl (C=O) groups excluding carboxylic acids is 1. The lowest BCUT2D eigenvalue weighted by Crippen LogP contribution is -2.45. The molecule has 0 aromatic carbocycles. The summed E-state index contributed by atoms with van der Waals surface area (Å²) < 4.78 is 5.57. The van der Waals surface area contributed by atoms with E-state index in [1.165, 1.54) is 0 Å². The topological polar surface area (TPSA) is 41.6 Å². The maximum absolute atomic E-state index is 12.2. The number of hydrogen-bond donors (Lipinski definition) is 1. The molecule has 18 heavy (non-hydrogen) atoms. The van der Waals surface area contributed by atoms with Crippen molar-refractivity contribution in [2.24, 2.45) is 5.92 Å². The van der Waals surface area contributed by atoms with Gasteiger partial charge in [-0.2, -0.15) is 0 Å². The van der Waals surface area contributed by atoms with E-state index in [0.29, 0.717) is 18.9 Å². The summed E-state index contributed by atoms with van der Waals surface area (Å²) in [5.41, 5.74) is 0. The summed E-state index contributed by atoms with van der Waals surface area (Å²) in [7, 11) is 0. The summed E-state index contributed by atoms with van der Waals surface area (Å²) in [6.07, 6.45) is 0.544. The van der Waals surface area contributed by atoms with Gasteiger partial charge in [0.2, 0.25) is 5.91 Å². The van der Waals surface area contributed by atoms with Gasteiger partial charge in [0.15, 0.2) is 0 Å². The Kier molecular flexibility index (Phi) is 8.57.